The summed E-state index contributed by atoms with van der Waals surface area (Å²) >= 11 is 0. The molecule has 2 rings (SSSR count). The van der Waals surface area contributed by atoms with Gasteiger partial charge >= 0.3 is 5.97 Å². The van der Waals surface area contributed by atoms with Crippen molar-refractivity contribution in [1.82, 2.24) is 4.90 Å². The largest absolute Gasteiger partial charge is 0.497 e. The van der Waals surface area contributed by atoms with Crippen molar-refractivity contribution < 1.29 is 23.9 Å². The number of amides is 2. The summed E-state index contributed by atoms with van der Waals surface area (Å²) in [4.78, 5) is 37.3. The molecule has 0 spiro atoms. The van der Waals surface area contributed by atoms with Crippen LogP contribution in [0.1, 0.15) is 29.3 Å². The Hall–Kier alpha value is -3.35. The smallest absolute Gasteiger partial charge is 0.337 e. The topological polar surface area (TPSA) is 84.9 Å². The fraction of sp³-hybridized carbons (Fsp3) is 0.286. The van der Waals surface area contributed by atoms with Gasteiger partial charge in [-0.2, -0.15) is 0 Å². The Balaban J connectivity index is 1.93. The fourth-order valence-electron chi connectivity index (χ4n) is 2.60. The predicted molar refractivity (Wildman–Crippen MR) is 105 cm³/mol. The summed E-state index contributed by atoms with van der Waals surface area (Å²) in [5, 5.41) is 2.73. The van der Waals surface area contributed by atoms with E-state index in [1.54, 1.807) is 36.3 Å². The van der Waals surface area contributed by atoms with E-state index in [-0.39, 0.29) is 24.8 Å². The number of carbonyl (C=O) groups is 3. The Morgan fingerprint density at radius 2 is 1.75 bits per heavy atom. The van der Waals surface area contributed by atoms with Crippen molar-refractivity contribution in [1.29, 1.82) is 0 Å². The second-order valence-electron chi connectivity index (χ2n) is 6.16. The summed E-state index contributed by atoms with van der Waals surface area (Å²) in [6.45, 7) is 2.16. The first kappa shape index (κ1) is 21.0. The molecule has 0 saturated heterocycles. The molecule has 0 unspecified atom stereocenters. The van der Waals surface area contributed by atoms with Crippen molar-refractivity contribution in [2.45, 2.75) is 19.9 Å². The van der Waals surface area contributed by atoms with Crippen LogP contribution < -0.4 is 10.1 Å². The number of carbonyl (C=O) groups excluding carboxylic acids is 3. The number of hydrogen-bond donors (Lipinski definition) is 1. The minimum Gasteiger partial charge on any atom is -0.497 e. The molecule has 0 aliphatic carbocycles. The van der Waals surface area contributed by atoms with Crippen molar-refractivity contribution in [3.05, 3.63) is 59.7 Å². The maximum absolute atomic E-state index is 12.2. The molecular formula is C21H24N2O5. The lowest BCUT2D eigenvalue weighted by Gasteiger charge is -2.21. The molecule has 148 valence electrons. The van der Waals surface area contributed by atoms with E-state index in [4.69, 9.17) is 4.74 Å². The molecule has 0 radical (unpaired) electrons. The van der Waals surface area contributed by atoms with Crippen LogP contribution in [0.4, 0.5) is 5.69 Å². The van der Waals surface area contributed by atoms with E-state index in [0.717, 1.165) is 11.3 Å². The predicted octanol–water partition coefficient (Wildman–Crippen LogP) is 2.86. The van der Waals surface area contributed by atoms with Gasteiger partial charge in [-0.15, -0.1) is 0 Å². The van der Waals surface area contributed by atoms with Crippen molar-refractivity contribution in [3.8, 4) is 5.75 Å². The zero-order valence-electron chi connectivity index (χ0n) is 16.2. The lowest BCUT2D eigenvalue weighted by Crippen LogP contribution is -2.31. The molecule has 0 aliphatic heterocycles. The number of benzene rings is 2. The molecule has 0 aliphatic rings. The molecule has 2 amide bonds. The number of methoxy groups -OCH3 is 2. The zero-order chi connectivity index (χ0) is 20.5. The van der Waals surface area contributed by atoms with Gasteiger partial charge < -0.3 is 19.7 Å². The summed E-state index contributed by atoms with van der Waals surface area (Å²) in [6.07, 6.45) is 0.137. The molecule has 0 saturated carbocycles. The highest BCUT2D eigenvalue weighted by Gasteiger charge is 2.13. The second kappa shape index (κ2) is 10.1. The van der Waals surface area contributed by atoms with Crippen molar-refractivity contribution in [2.75, 3.05) is 26.1 Å². The van der Waals surface area contributed by atoms with Gasteiger partial charge in [-0.3, -0.25) is 9.59 Å². The Labute approximate surface area is 164 Å². The third-order valence-corrected chi connectivity index (χ3v) is 4.15. The normalized spacial score (nSPS) is 10.1. The summed E-state index contributed by atoms with van der Waals surface area (Å²) in [7, 11) is 2.89. The van der Waals surface area contributed by atoms with E-state index in [1.807, 2.05) is 24.3 Å². The van der Waals surface area contributed by atoms with Gasteiger partial charge in [-0.05, 0) is 35.9 Å². The van der Waals surface area contributed by atoms with Gasteiger partial charge in [0.1, 0.15) is 5.75 Å². The van der Waals surface area contributed by atoms with Crippen molar-refractivity contribution >= 4 is 23.5 Å². The van der Waals surface area contributed by atoms with E-state index in [1.165, 1.54) is 14.0 Å². The van der Waals surface area contributed by atoms with E-state index in [0.29, 0.717) is 17.8 Å². The number of ether oxygens (including phenoxy) is 2. The molecule has 0 aromatic heterocycles. The van der Waals surface area contributed by atoms with Crippen LogP contribution in [0.15, 0.2) is 48.5 Å². The van der Waals surface area contributed by atoms with E-state index >= 15 is 0 Å². The maximum atomic E-state index is 12.2. The standard InChI is InChI=1S/C21H24N2O5/c1-15(24)23(14-16-7-9-19(27-2)10-8-16)12-11-20(25)22-18-6-4-5-17(13-18)21(26)28-3/h4-10,13H,11-12,14H2,1-3H3,(H,22,25). The van der Waals surface area contributed by atoms with Crippen LogP contribution in [0.3, 0.4) is 0 Å². The van der Waals surface area contributed by atoms with Crippen LogP contribution in [0.25, 0.3) is 0 Å². The summed E-state index contributed by atoms with van der Waals surface area (Å²) in [6, 6.07) is 13.9. The first-order chi connectivity index (χ1) is 13.4. The van der Waals surface area contributed by atoms with E-state index < -0.39 is 5.97 Å². The van der Waals surface area contributed by atoms with Crippen molar-refractivity contribution in [2.24, 2.45) is 0 Å². The number of nitrogens with one attached hydrogen (secondary N) is 1. The molecule has 7 heteroatoms. The Bertz CT molecular complexity index is 833. The van der Waals surface area contributed by atoms with Crippen LogP contribution in [0.2, 0.25) is 0 Å². The third-order valence-electron chi connectivity index (χ3n) is 4.15. The molecular weight excluding hydrogens is 360 g/mol. The molecule has 7 nitrogen and oxygen atoms in total. The maximum Gasteiger partial charge on any atom is 0.337 e. The molecule has 0 atom stereocenters. The van der Waals surface area contributed by atoms with Crippen LogP contribution in [0, 0.1) is 0 Å². The lowest BCUT2D eigenvalue weighted by molar-refractivity contribution is -0.129. The molecule has 0 heterocycles. The second-order valence-corrected chi connectivity index (χ2v) is 6.16. The van der Waals surface area contributed by atoms with Gasteiger partial charge in [-0.1, -0.05) is 18.2 Å². The van der Waals surface area contributed by atoms with Gasteiger partial charge in [-0.25, -0.2) is 4.79 Å². The highest BCUT2D eigenvalue weighted by Crippen LogP contribution is 2.14. The first-order valence-electron chi connectivity index (χ1n) is 8.79. The van der Waals surface area contributed by atoms with E-state index in [9.17, 15) is 14.4 Å². The van der Waals surface area contributed by atoms with Gasteiger partial charge in [0.2, 0.25) is 11.8 Å². The quantitative estimate of drug-likeness (QED) is 0.708. The van der Waals surface area contributed by atoms with Crippen LogP contribution >= 0.6 is 0 Å². The molecule has 1 N–H and O–H groups in total. The molecule has 0 fully saturated rings. The third kappa shape index (κ3) is 6.12. The van der Waals surface area contributed by atoms with Crippen LogP contribution in [-0.4, -0.2) is 43.4 Å². The SMILES string of the molecule is COC(=O)c1cccc(NC(=O)CCN(Cc2ccc(OC)cc2)C(C)=O)c1. The molecule has 28 heavy (non-hydrogen) atoms. The minimum absolute atomic E-state index is 0.115. The molecule has 2 aromatic carbocycles. The lowest BCUT2D eigenvalue weighted by atomic mass is 10.2. The van der Waals surface area contributed by atoms with E-state index in [2.05, 4.69) is 10.1 Å². The van der Waals surface area contributed by atoms with Gasteiger partial charge in [0.25, 0.3) is 0 Å². The van der Waals surface area contributed by atoms with Gasteiger partial charge in [0.15, 0.2) is 0 Å². The minimum atomic E-state index is -0.474. The summed E-state index contributed by atoms with van der Waals surface area (Å²) < 4.78 is 9.79. The number of anilines is 1. The summed E-state index contributed by atoms with van der Waals surface area (Å²) in [5.41, 5.74) is 1.80. The van der Waals surface area contributed by atoms with Crippen molar-refractivity contribution in [3.63, 3.8) is 0 Å². The number of hydrogen-bond acceptors (Lipinski definition) is 5. The molecule has 2 aromatic rings. The number of nitrogens with zero attached hydrogens (tertiary/aromatic N) is 1. The average Bonchev–Trinajstić information content (AvgIpc) is 2.70. The fourth-order valence-corrected chi connectivity index (χ4v) is 2.60. The Kier molecular flexibility index (Phi) is 7.56. The number of esters is 1. The average molecular weight is 384 g/mol. The highest BCUT2D eigenvalue weighted by molar-refractivity contribution is 5.94. The summed E-state index contributed by atoms with van der Waals surface area (Å²) in [5.74, 6) is -0.0932. The Morgan fingerprint density at radius 3 is 2.36 bits per heavy atom. The van der Waals surface area contributed by atoms with Crippen LogP contribution in [-0.2, 0) is 20.9 Å². The first-order valence-corrected chi connectivity index (χ1v) is 8.79. The zero-order valence-corrected chi connectivity index (χ0v) is 16.2. The van der Waals surface area contributed by atoms with Crippen LogP contribution in [0.5, 0.6) is 5.75 Å². The molecule has 0 bridgehead atoms. The van der Waals surface area contributed by atoms with Gasteiger partial charge in [0, 0.05) is 32.1 Å². The Morgan fingerprint density at radius 1 is 1.04 bits per heavy atom. The van der Waals surface area contributed by atoms with Gasteiger partial charge in [0.05, 0.1) is 19.8 Å². The highest BCUT2D eigenvalue weighted by atomic mass is 16.5. The monoisotopic (exact) mass is 384 g/mol. The number of rotatable bonds is 8.